The minimum atomic E-state index is 0.573. The average molecular weight is 261 g/mol. The highest BCUT2D eigenvalue weighted by molar-refractivity contribution is 5.48. The van der Waals surface area contributed by atoms with Gasteiger partial charge in [-0.1, -0.05) is 13.0 Å². The van der Waals surface area contributed by atoms with Crippen LogP contribution in [-0.4, -0.2) is 36.1 Å². The van der Waals surface area contributed by atoms with Crippen molar-refractivity contribution < 1.29 is 0 Å². The Morgan fingerprint density at radius 3 is 2.79 bits per heavy atom. The molecule has 2 rings (SSSR count). The quantitative estimate of drug-likeness (QED) is 0.781. The van der Waals surface area contributed by atoms with E-state index in [1.807, 2.05) is 6.20 Å². The summed E-state index contributed by atoms with van der Waals surface area (Å²) in [6.45, 7) is 11.2. The van der Waals surface area contributed by atoms with E-state index in [2.05, 4.69) is 47.7 Å². The predicted molar refractivity (Wildman–Crippen MR) is 81.6 cm³/mol. The van der Waals surface area contributed by atoms with E-state index in [0.29, 0.717) is 6.04 Å². The van der Waals surface area contributed by atoms with Crippen LogP contribution in [0, 0.1) is 0 Å². The summed E-state index contributed by atoms with van der Waals surface area (Å²) in [5, 5.41) is 0. The van der Waals surface area contributed by atoms with Crippen molar-refractivity contribution in [2.75, 3.05) is 31.1 Å². The first-order valence-electron chi connectivity index (χ1n) is 7.75. The van der Waals surface area contributed by atoms with E-state index in [1.54, 1.807) is 0 Å². The zero-order valence-corrected chi connectivity index (χ0v) is 12.6. The van der Waals surface area contributed by atoms with Crippen LogP contribution in [0.25, 0.3) is 0 Å². The van der Waals surface area contributed by atoms with Crippen molar-refractivity contribution in [2.24, 2.45) is 0 Å². The van der Waals surface area contributed by atoms with Crippen LogP contribution in [0.15, 0.2) is 18.3 Å². The number of rotatable bonds is 6. The van der Waals surface area contributed by atoms with Gasteiger partial charge in [0.2, 0.25) is 0 Å². The van der Waals surface area contributed by atoms with Crippen molar-refractivity contribution >= 4 is 5.82 Å². The van der Waals surface area contributed by atoms with Crippen molar-refractivity contribution in [3.8, 4) is 0 Å². The molecule has 1 atom stereocenters. The first-order chi connectivity index (χ1) is 9.31. The van der Waals surface area contributed by atoms with Gasteiger partial charge >= 0.3 is 0 Å². The highest BCUT2D eigenvalue weighted by Crippen LogP contribution is 2.36. The number of pyridine rings is 1. The number of hydrogen-bond acceptors (Lipinski definition) is 3. The Bertz CT molecular complexity index is 387. The molecule has 0 aliphatic carbocycles. The molecule has 0 radical (unpaired) electrons. The normalized spacial score (nSPS) is 19.8. The van der Waals surface area contributed by atoms with E-state index < -0.39 is 0 Å². The summed E-state index contributed by atoms with van der Waals surface area (Å²) >= 11 is 0. The van der Waals surface area contributed by atoms with Crippen molar-refractivity contribution in [3.63, 3.8) is 0 Å². The van der Waals surface area contributed by atoms with Crippen LogP contribution in [0.3, 0.4) is 0 Å². The molecule has 3 heteroatoms. The van der Waals surface area contributed by atoms with E-state index >= 15 is 0 Å². The maximum Gasteiger partial charge on any atom is 0.133 e. The lowest BCUT2D eigenvalue weighted by molar-refractivity contribution is 0.257. The molecule has 0 amide bonds. The SMILES string of the molecule is CCCN1CCC[C@@H]1c1cccnc1N(CC)CC. The van der Waals surface area contributed by atoms with Crippen molar-refractivity contribution in [1.29, 1.82) is 0 Å². The number of nitrogens with zero attached hydrogens (tertiary/aromatic N) is 3. The third-order valence-corrected chi connectivity index (χ3v) is 4.11. The molecular weight excluding hydrogens is 234 g/mol. The topological polar surface area (TPSA) is 19.4 Å². The molecule has 2 heterocycles. The van der Waals surface area contributed by atoms with E-state index in [1.165, 1.54) is 43.7 Å². The Morgan fingerprint density at radius 1 is 1.32 bits per heavy atom. The summed E-state index contributed by atoms with van der Waals surface area (Å²) in [5.41, 5.74) is 1.43. The second kappa shape index (κ2) is 6.90. The molecule has 1 saturated heterocycles. The van der Waals surface area contributed by atoms with Gasteiger partial charge in [0.1, 0.15) is 5.82 Å². The van der Waals surface area contributed by atoms with Crippen LogP contribution in [0.2, 0.25) is 0 Å². The lowest BCUT2D eigenvalue weighted by Crippen LogP contribution is -2.29. The van der Waals surface area contributed by atoms with E-state index in [-0.39, 0.29) is 0 Å². The fourth-order valence-corrected chi connectivity index (χ4v) is 3.19. The third-order valence-electron chi connectivity index (χ3n) is 4.11. The van der Waals surface area contributed by atoms with Gasteiger partial charge in [0.15, 0.2) is 0 Å². The Labute approximate surface area is 117 Å². The maximum absolute atomic E-state index is 4.66. The van der Waals surface area contributed by atoms with Crippen LogP contribution in [0.1, 0.15) is 51.6 Å². The summed E-state index contributed by atoms with van der Waals surface area (Å²) in [5.74, 6) is 1.19. The number of hydrogen-bond donors (Lipinski definition) is 0. The summed E-state index contributed by atoms with van der Waals surface area (Å²) in [7, 11) is 0. The van der Waals surface area contributed by atoms with Crippen LogP contribution < -0.4 is 4.90 Å². The molecule has 0 spiro atoms. The van der Waals surface area contributed by atoms with Gasteiger partial charge < -0.3 is 4.90 Å². The number of likely N-dealkylation sites (tertiary alicyclic amines) is 1. The Kier molecular flexibility index (Phi) is 5.20. The second-order valence-corrected chi connectivity index (χ2v) is 5.28. The molecule has 1 fully saturated rings. The van der Waals surface area contributed by atoms with Gasteiger partial charge in [-0.25, -0.2) is 4.98 Å². The number of anilines is 1. The second-order valence-electron chi connectivity index (χ2n) is 5.28. The van der Waals surface area contributed by atoms with Crippen LogP contribution in [0.5, 0.6) is 0 Å². The van der Waals surface area contributed by atoms with E-state index in [0.717, 1.165) is 13.1 Å². The molecule has 106 valence electrons. The molecule has 1 aromatic rings. The van der Waals surface area contributed by atoms with Gasteiger partial charge in [-0.3, -0.25) is 4.90 Å². The molecule has 0 saturated carbocycles. The Morgan fingerprint density at radius 2 is 2.11 bits per heavy atom. The standard InChI is InChI=1S/C16H27N3/c1-4-12-19-13-8-10-15(19)14-9-7-11-17-16(14)18(5-2)6-3/h7,9,11,15H,4-6,8,10,12-13H2,1-3H3/t15-/m1/s1. The van der Waals surface area contributed by atoms with Crippen molar-refractivity contribution in [3.05, 3.63) is 23.9 Å². The zero-order chi connectivity index (χ0) is 13.7. The lowest BCUT2D eigenvalue weighted by Gasteiger charge is -2.29. The van der Waals surface area contributed by atoms with Gasteiger partial charge in [-0.2, -0.15) is 0 Å². The molecule has 1 aliphatic rings. The third kappa shape index (κ3) is 3.08. The maximum atomic E-state index is 4.66. The van der Waals surface area contributed by atoms with Crippen LogP contribution in [0.4, 0.5) is 5.82 Å². The predicted octanol–water partition coefficient (Wildman–Crippen LogP) is 3.47. The van der Waals surface area contributed by atoms with Gasteiger partial charge in [-0.15, -0.1) is 0 Å². The van der Waals surface area contributed by atoms with Crippen LogP contribution >= 0.6 is 0 Å². The molecule has 0 aromatic carbocycles. The Balaban J connectivity index is 2.28. The van der Waals surface area contributed by atoms with Crippen molar-refractivity contribution in [1.82, 2.24) is 9.88 Å². The largest absolute Gasteiger partial charge is 0.357 e. The molecule has 1 aromatic heterocycles. The average Bonchev–Trinajstić information content (AvgIpc) is 2.89. The zero-order valence-electron chi connectivity index (χ0n) is 12.6. The monoisotopic (exact) mass is 261 g/mol. The van der Waals surface area contributed by atoms with E-state index in [4.69, 9.17) is 0 Å². The van der Waals surface area contributed by atoms with Gasteiger partial charge in [-0.05, 0) is 52.3 Å². The van der Waals surface area contributed by atoms with Gasteiger partial charge in [0.05, 0.1) is 0 Å². The smallest absolute Gasteiger partial charge is 0.133 e. The molecule has 0 bridgehead atoms. The minimum absolute atomic E-state index is 0.573. The minimum Gasteiger partial charge on any atom is -0.357 e. The molecular formula is C16H27N3. The summed E-state index contributed by atoms with van der Waals surface area (Å²) in [6.07, 6.45) is 5.75. The summed E-state index contributed by atoms with van der Waals surface area (Å²) < 4.78 is 0. The summed E-state index contributed by atoms with van der Waals surface area (Å²) in [6, 6.07) is 4.94. The molecule has 0 unspecified atom stereocenters. The number of aromatic nitrogens is 1. The molecule has 19 heavy (non-hydrogen) atoms. The summed E-state index contributed by atoms with van der Waals surface area (Å²) in [4.78, 5) is 9.66. The highest BCUT2D eigenvalue weighted by Gasteiger charge is 2.28. The van der Waals surface area contributed by atoms with Gasteiger partial charge in [0.25, 0.3) is 0 Å². The highest BCUT2D eigenvalue weighted by atomic mass is 15.2. The van der Waals surface area contributed by atoms with Crippen LogP contribution in [-0.2, 0) is 0 Å². The lowest BCUT2D eigenvalue weighted by atomic mass is 10.0. The first kappa shape index (κ1) is 14.3. The Hall–Kier alpha value is -1.09. The fraction of sp³-hybridized carbons (Fsp3) is 0.688. The van der Waals surface area contributed by atoms with Crippen molar-refractivity contribution in [2.45, 2.75) is 46.1 Å². The van der Waals surface area contributed by atoms with Gasteiger partial charge in [0, 0.05) is 30.9 Å². The first-order valence-corrected chi connectivity index (χ1v) is 7.75. The van der Waals surface area contributed by atoms with E-state index in [9.17, 15) is 0 Å². The molecule has 3 nitrogen and oxygen atoms in total. The molecule has 0 N–H and O–H groups in total. The fourth-order valence-electron chi connectivity index (χ4n) is 3.19. The molecule has 1 aliphatic heterocycles.